The standard InChI is InChI=1S/C10H8BrFN2/c1-14-9(11)6-13-10(14)7-2-4-8(12)5-3-7/h2-6H,1H3. The Kier molecular flexibility index (Phi) is 2.37. The average Bonchev–Trinajstić information content (AvgIpc) is 2.50. The van der Waals surface area contributed by atoms with Crippen LogP contribution in [0.3, 0.4) is 0 Å². The van der Waals surface area contributed by atoms with Gasteiger partial charge in [0, 0.05) is 12.6 Å². The molecule has 14 heavy (non-hydrogen) atoms. The van der Waals surface area contributed by atoms with E-state index >= 15 is 0 Å². The quantitative estimate of drug-likeness (QED) is 0.765. The minimum absolute atomic E-state index is 0.234. The first kappa shape index (κ1) is 9.40. The molecule has 4 heteroatoms. The van der Waals surface area contributed by atoms with Crippen molar-refractivity contribution in [1.82, 2.24) is 9.55 Å². The molecule has 2 nitrogen and oxygen atoms in total. The third kappa shape index (κ3) is 1.57. The summed E-state index contributed by atoms with van der Waals surface area (Å²) in [6.45, 7) is 0. The van der Waals surface area contributed by atoms with Gasteiger partial charge in [-0.3, -0.25) is 0 Å². The summed E-state index contributed by atoms with van der Waals surface area (Å²) in [6, 6.07) is 6.28. The SMILES string of the molecule is Cn1c(Br)cnc1-c1ccc(F)cc1. The topological polar surface area (TPSA) is 17.8 Å². The second-order valence-corrected chi connectivity index (χ2v) is 3.78. The Balaban J connectivity index is 2.49. The zero-order chi connectivity index (χ0) is 10.1. The maximum Gasteiger partial charge on any atom is 0.140 e. The van der Waals surface area contributed by atoms with Crippen LogP contribution in [0.25, 0.3) is 11.4 Å². The molecule has 0 amide bonds. The van der Waals surface area contributed by atoms with E-state index in [1.54, 1.807) is 18.3 Å². The van der Waals surface area contributed by atoms with Crippen LogP contribution in [0.4, 0.5) is 4.39 Å². The van der Waals surface area contributed by atoms with E-state index in [-0.39, 0.29) is 5.82 Å². The first-order chi connectivity index (χ1) is 6.68. The van der Waals surface area contributed by atoms with E-state index in [1.807, 2.05) is 11.6 Å². The van der Waals surface area contributed by atoms with Crippen LogP contribution in [0.15, 0.2) is 35.1 Å². The Hall–Kier alpha value is -1.16. The van der Waals surface area contributed by atoms with Crippen LogP contribution in [-0.4, -0.2) is 9.55 Å². The zero-order valence-corrected chi connectivity index (χ0v) is 9.12. The van der Waals surface area contributed by atoms with Crippen molar-refractivity contribution in [2.45, 2.75) is 0 Å². The zero-order valence-electron chi connectivity index (χ0n) is 7.54. The largest absolute Gasteiger partial charge is 0.322 e. The van der Waals surface area contributed by atoms with Gasteiger partial charge in [0.05, 0.1) is 6.20 Å². The van der Waals surface area contributed by atoms with Gasteiger partial charge in [-0.15, -0.1) is 0 Å². The molecule has 2 aromatic rings. The van der Waals surface area contributed by atoms with Gasteiger partial charge in [0.1, 0.15) is 16.2 Å². The molecule has 0 spiro atoms. The van der Waals surface area contributed by atoms with Crippen LogP contribution in [0.5, 0.6) is 0 Å². The number of imidazole rings is 1. The molecule has 0 saturated heterocycles. The van der Waals surface area contributed by atoms with Crippen molar-refractivity contribution in [2.75, 3.05) is 0 Å². The minimum Gasteiger partial charge on any atom is -0.322 e. The lowest BCUT2D eigenvalue weighted by molar-refractivity contribution is 0.628. The fraction of sp³-hybridized carbons (Fsp3) is 0.100. The van der Waals surface area contributed by atoms with Crippen LogP contribution in [0.1, 0.15) is 0 Å². The third-order valence-corrected chi connectivity index (χ3v) is 2.77. The predicted octanol–water partition coefficient (Wildman–Crippen LogP) is 2.99. The molecule has 0 radical (unpaired) electrons. The molecule has 0 aliphatic carbocycles. The summed E-state index contributed by atoms with van der Waals surface area (Å²) in [5.41, 5.74) is 0.902. The van der Waals surface area contributed by atoms with E-state index in [1.165, 1.54) is 12.1 Å². The van der Waals surface area contributed by atoms with Gasteiger partial charge in [0.25, 0.3) is 0 Å². The lowest BCUT2D eigenvalue weighted by atomic mass is 10.2. The molecule has 1 heterocycles. The molecule has 2 rings (SSSR count). The molecule has 1 aromatic carbocycles. The Labute approximate surface area is 89.5 Å². The van der Waals surface area contributed by atoms with Gasteiger partial charge in [0.15, 0.2) is 0 Å². The third-order valence-electron chi connectivity index (χ3n) is 2.03. The fourth-order valence-electron chi connectivity index (χ4n) is 1.26. The van der Waals surface area contributed by atoms with Crippen molar-refractivity contribution in [1.29, 1.82) is 0 Å². The molecular weight excluding hydrogens is 247 g/mol. The Morgan fingerprint density at radius 2 is 1.93 bits per heavy atom. The number of halogens is 2. The van der Waals surface area contributed by atoms with E-state index in [9.17, 15) is 4.39 Å². The normalized spacial score (nSPS) is 10.5. The molecule has 1 aromatic heterocycles. The summed E-state index contributed by atoms with van der Waals surface area (Å²) in [7, 11) is 1.90. The molecular formula is C10H8BrFN2. The number of hydrogen-bond donors (Lipinski definition) is 0. The summed E-state index contributed by atoms with van der Waals surface area (Å²) >= 11 is 3.35. The molecule has 0 fully saturated rings. The Morgan fingerprint density at radius 3 is 2.43 bits per heavy atom. The highest BCUT2D eigenvalue weighted by Crippen LogP contribution is 2.21. The van der Waals surface area contributed by atoms with Gasteiger partial charge >= 0.3 is 0 Å². The van der Waals surface area contributed by atoms with E-state index < -0.39 is 0 Å². The number of nitrogens with zero attached hydrogens (tertiary/aromatic N) is 2. The first-order valence-electron chi connectivity index (χ1n) is 4.11. The van der Waals surface area contributed by atoms with Gasteiger partial charge in [-0.25, -0.2) is 9.37 Å². The summed E-state index contributed by atoms with van der Waals surface area (Å²) in [6.07, 6.45) is 1.72. The summed E-state index contributed by atoms with van der Waals surface area (Å²) in [4.78, 5) is 4.21. The van der Waals surface area contributed by atoms with Crippen molar-refractivity contribution in [3.8, 4) is 11.4 Å². The predicted molar refractivity (Wildman–Crippen MR) is 56.3 cm³/mol. The van der Waals surface area contributed by atoms with E-state index in [0.29, 0.717) is 0 Å². The highest BCUT2D eigenvalue weighted by atomic mass is 79.9. The van der Waals surface area contributed by atoms with Crippen molar-refractivity contribution in [3.05, 3.63) is 40.9 Å². The number of benzene rings is 1. The minimum atomic E-state index is -0.234. The second kappa shape index (κ2) is 3.53. The van der Waals surface area contributed by atoms with Gasteiger partial charge in [-0.05, 0) is 40.2 Å². The Bertz CT molecular complexity index is 448. The number of aromatic nitrogens is 2. The van der Waals surface area contributed by atoms with Crippen LogP contribution >= 0.6 is 15.9 Å². The van der Waals surface area contributed by atoms with Gasteiger partial charge in [-0.1, -0.05) is 0 Å². The molecule has 72 valence electrons. The van der Waals surface area contributed by atoms with Crippen molar-refractivity contribution in [2.24, 2.45) is 7.05 Å². The molecule has 0 aliphatic heterocycles. The van der Waals surface area contributed by atoms with Crippen molar-refractivity contribution >= 4 is 15.9 Å². The van der Waals surface area contributed by atoms with Gasteiger partial charge < -0.3 is 4.57 Å². The van der Waals surface area contributed by atoms with Crippen molar-refractivity contribution in [3.63, 3.8) is 0 Å². The molecule has 0 aliphatic rings. The molecule has 0 unspecified atom stereocenters. The van der Waals surface area contributed by atoms with Crippen LogP contribution in [0, 0.1) is 5.82 Å². The molecule has 0 atom stereocenters. The molecule has 0 N–H and O–H groups in total. The van der Waals surface area contributed by atoms with Crippen LogP contribution in [0.2, 0.25) is 0 Å². The summed E-state index contributed by atoms with van der Waals surface area (Å²) in [5, 5.41) is 0. The lowest BCUT2D eigenvalue weighted by Gasteiger charge is -2.01. The van der Waals surface area contributed by atoms with Crippen LogP contribution in [-0.2, 0) is 7.05 Å². The van der Waals surface area contributed by atoms with Gasteiger partial charge in [0.2, 0.25) is 0 Å². The monoisotopic (exact) mass is 254 g/mol. The highest BCUT2D eigenvalue weighted by molar-refractivity contribution is 9.10. The first-order valence-corrected chi connectivity index (χ1v) is 4.91. The van der Waals surface area contributed by atoms with Crippen molar-refractivity contribution < 1.29 is 4.39 Å². The summed E-state index contributed by atoms with van der Waals surface area (Å²) < 4.78 is 15.5. The number of hydrogen-bond acceptors (Lipinski definition) is 1. The molecule has 0 bridgehead atoms. The fourth-order valence-corrected chi connectivity index (χ4v) is 1.53. The van der Waals surface area contributed by atoms with E-state index in [2.05, 4.69) is 20.9 Å². The second-order valence-electron chi connectivity index (χ2n) is 2.97. The van der Waals surface area contributed by atoms with Crippen LogP contribution < -0.4 is 0 Å². The maximum absolute atomic E-state index is 12.7. The summed E-state index contributed by atoms with van der Waals surface area (Å²) in [5.74, 6) is 0.582. The maximum atomic E-state index is 12.7. The highest BCUT2D eigenvalue weighted by Gasteiger charge is 2.06. The van der Waals surface area contributed by atoms with E-state index in [4.69, 9.17) is 0 Å². The lowest BCUT2D eigenvalue weighted by Crippen LogP contribution is -1.92. The van der Waals surface area contributed by atoms with Gasteiger partial charge in [-0.2, -0.15) is 0 Å². The molecule has 0 saturated carbocycles. The van der Waals surface area contributed by atoms with E-state index in [0.717, 1.165) is 16.0 Å². The Morgan fingerprint density at radius 1 is 1.29 bits per heavy atom. The smallest absolute Gasteiger partial charge is 0.140 e. The number of rotatable bonds is 1. The average molecular weight is 255 g/mol.